The van der Waals surface area contributed by atoms with E-state index in [2.05, 4.69) is 19.2 Å². The van der Waals surface area contributed by atoms with Crippen molar-refractivity contribution in [2.75, 3.05) is 23.4 Å². The third kappa shape index (κ3) is 4.33. The highest BCUT2D eigenvalue weighted by Crippen LogP contribution is 2.38. The van der Waals surface area contributed by atoms with Crippen LogP contribution in [0.1, 0.15) is 33.1 Å². The molecule has 1 saturated heterocycles. The molecular formula is C23H26ClN3O3. The predicted octanol–water partition coefficient (Wildman–Crippen LogP) is 4.01. The van der Waals surface area contributed by atoms with Crippen molar-refractivity contribution in [3.8, 4) is 11.1 Å². The molecule has 1 aliphatic rings. The lowest BCUT2D eigenvalue weighted by molar-refractivity contribution is -0.120. The Hall–Kier alpha value is -2.86. The number of carbonyl (C=O) groups is 3. The molecule has 2 aromatic carbocycles. The molecule has 0 unspecified atom stereocenters. The van der Waals surface area contributed by atoms with Crippen molar-refractivity contribution in [2.24, 2.45) is 0 Å². The van der Waals surface area contributed by atoms with Gasteiger partial charge in [-0.1, -0.05) is 35.9 Å². The Morgan fingerprint density at radius 2 is 1.93 bits per heavy atom. The molecule has 0 spiro atoms. The van der Waals surface area contributed by atoms with Crippen LogP contribution in [0.25, 0.3) is 11.1 Å². The van der Waals surface area contributed by atoms with Crippen LogP contribution in [-0.4, -0.2) is 37.4 Å². The van der Waals surface area contributed by atoms with Crippen LogP contribution in [0.15, 0.2) is 42.5 Å². The van der Waals surface area contributed by atoms with E-state index >= 15 is 0 Å². The van der Waals surface area contributed by atoms with Crippen molar-refractivity contribution in [1.29, 1.82) is 0 Å². The summed E-state index contributed by atoms with van der Waals surface area (Å²) >= 11 is 6.64. The number of hydrogen-bond donors (Lipinski definition) is 1. The van der Waals surface area contributed by atoms with Gasteiger partial charge in [-0.05, 0) is 44.0 Å². The fourth-order valence-electron chi connectivity index (χ4n) is 3.80. The molecule has 1 N–H and O–H groups in total. The highest BCUT2D eigenvalue weighted by Gasteiger charge is 2.38. The molecule has 0 saturated carbocycles. The molecule has 0 bridgehead atoms. The molecule has 1 fully saturated rings. The Kier molecular flexibility index (Phi) is 6.46. The summed E-state index contributed by atoms with van der Waals surface area (Å²) in [6.07, 6.45) is 2.25. The van der Waals surface area contributed by atoms with Gasteiger partial charge in [0.05, 0.1) is 10.7 Å². The minimum atomic E-state index is -0.203. The highest BCUT2D eigenvalue weighted by molar-refractivity contribution is 6.36. The fraction of sp³-hybridized carbons (Fsp3) is 0.348. The van der Waals surface area contributed by atoms with E-state index in [0.717, 1.165) is 23.2 Å². The van der Waals surface area contributed by atoms with E-state index in [1.54, 1.807) is 13.1 Å². The van der Waals surface area contributed by atoms with Crippen molar-refractivity contribution in [2.45, 2.75) is 38.6 Å². The summed E-state index contributed by atoms with van der Waals surface area (Å²) in [5.41, 5.74) is 2.86. The molecule has 158 valence electrons. The lowest BCUT2D eigenvalue weighted by Gasteiger charge is -2.31. The first-order valence-electron chi connectivity index (χ1n) is 9.93. The third-order valence-corrected chi connectivity index (χ3v) is 5.91. The number of carbonyl (C=O) groups excluding carboxylic acids is 3. The standard InChI is InChI=1S/C23H26ClN3O3/c1-23(2)13-11-21(30)27(23)17-9-7-16(8-10-17)18-5-4-6-19(22(18)24)26(15-28)14-12-20(29)25-3/h4-10,15H,11-14H2,1-3H3,(H,25,29). The summed E-state index contributed by atoms with van der Waals surface area (Å²) in [6.45, 7) is 4.37. The van der Waals surface area contributed by atoms with Crippen LogP contribution in [-0.2, 0) is 14.4 Å². The zero-order chi connectivity index (χ0) is 21.9. The summed E-state index contributed by atoms with van der Waals surface area (Å²) in [5.74, 6) is -0.0189. The number of nitrogens with one attached hydrogen (secondary N) is 1. The lowest BCUT2D eigenvalue weighted by Crippen LogP contribution is -2.40. The molecule has 1 aliphatic heterocycles. The Morgan fingerprint density at radius 1 is 1.23 bits per heavy atom. The largest absolute Gasteiger partial charge is 0.359 e. The summed E-state index contributed by atoms with van der Waals surface area (Å²) in [6, 6.07) is 13.2. The first kappa shape index (κ1) is 21.8. The second-order valence-electron chi connectivity index (χ2n) is 7.95. The van der Waals surface area contributed by atoms with Crippen LogP contribution in [0.2, 0.25) is 5.02 Å². The van der Waals surface area contributed by atoms with Crippen LogP contribution < -0.4 is 15.1 Å². The molecule has 30 heavy (non-hydrogen) atoms. The molecule has 0 atom stereocenters. The van der Waals surface area contributed by atoms with Gasteiger partial charge in [0.2, 0.25) is 18.2 Å². The van der Waals surface area contributed by atoms with E-state index in [0.29, 0.717) is 23.5 Å². The van der Waals surface area contributed by atoms with E-state index in [1.165, 1.54) is 4.90 Å². The second kappa shape index (κ2) is 8.88. The first-order valence-corrected chi connectivity index (χ1v) is 10.3. The van der Waals surface area contributed by atoms with Crippen molar-refractivity contribution in [3.05, 3.63) is 47.5 Å². The molecule has 0 aliphatic carbocycles. The number of anilines is 2. The van der Waals surface area contributed by atoms with Crippen LogP contribution in [0.3, 0.4) is 0 Å². The summed E-state index contributed by atoms with van der Waals surface area (Å²) in [5, 5.41) is 2.98. The SMILES string of the molecule is CNC(=O)CCN(C=O)c1cccc(-c2ccc(N3C(=O)CCC3(C)C)cc2)c1Cl. The predicted molar refractivity (Wildman–Crippen MR) is 120 cm³/mol. The maximum Gasteiger partial charge on any atom is 0.227 e. The van der Waals surface area contributed by atoms with Gasteiger partial charge in [-0.25, -0.2) is 0 Å². The molecule has 0 aromatic heterocycles. The monoisotopic (exact) mass is 427 g/mol. The Bertz CT molecular complexity index is 957. The van der Waals surface area contributed by atoms with Gasteiger partial charge in [0.1, 0.15) is 0 Å². The van der Waals surface area contributed by atoms with Crippen LogP contribution in [0.4, 0.5) is 11.4 Å². The van der Waals surface area contributed by atoms with Gasteiger partial charge in [0.15, 0.2) is 0 Å². The van der Waals surface area contributed by atoms with Gasteiger partial charge in [0.25, 0.3) is 0 Å². The zero-order valence-electron chi connectivity index (χ0n) is 17.4. The molecule has 0 radical (unpaired) electrons. The maximum atomic E-state index is 12.3. The average molecular weight is 428 g/mol. The molecule has 1 heterocycles. The van der Waals surface area contributed by atoms with Crippen LogP contribution in [0, 0.1) is 0 Å². The minimum absolute atomic E-state index is 0.130. The second-order valence-corrected chi connectivity index (χ2v) is 8.33. The van der Waals surface area contributed by atoms with Crippen molar-refractivity contribution in [3.63, 3.8) is 0 Å². The number of amides is 3. The van der Waals surface area contributed by atoms with E-state index in [9.17, 15) is 14.4 Å². The maximum absolute atomic E-state index is 12.3. The lowest BCUT2D eigenvalue weighted by atomic mass is 10.0. The third-order valence-electron chi connectivity index (χ3n) is 5.52. The summed E-state index contributed by atoms with van der Waals surface area (Å²) < 4.78 is 0. The van der Waals surface area contributed by atoms with E-state index in [-0.39, 0.29) is 30.3 Å². The molecule has 3 amide bonds. The van der Waals surface area contributed by atoms with Gasteiger partial charge >= 0.3 is 0 Å². The van der Waals surface area contributed by atoms with Crippen molar-refractivity contribution < 1.29 is 14.4 Å². The molecular weight excluding hydrogens is 402 g/mol. The summed E-state index contributed by atoms with van der Waals surface area (Å²) in [7, 11) is 1.56. The fourth-order valence-corrected chi connectivity index (χ4v) is 4.14. The number of rotatable bonds is 7. The quantitative estimate of drug-likeness (QED) is 0.678. The van der Waals surface area contributed by atoms with Crippen LogP contribution >= 0.6 is 11.6 Å². The van der Waals surface area contributed by atoms with E-state index in [1.807, 2.05) is 41.3 Å². The highest BCUT2D eigenvalue weighted by atomic mass is 35.5. The van der Waals surface area contributed by atoms with Crippen molar-refractivity contribution in [1.82, 2.24) is 5.32 Å². The minimum Gasteiger partial charge on any atom is -0.359 e. The first-order chi connectivity index (χ1) is 14.3. The van der Waals surface area contributed by atoms with Gasteiger partial charge in [-0.3, -0.25) is 14.4 Å². The molecule has 6 nitrogen and oxygen atoms in total. The van der Waals surface area contributed by atoms with Gasteiger partial charge < -0.3 is 15.1 Å². The Labute approximate surface area is 181 Å². The molecule has 3 rings (SSSR count). The van der Waals surface area contributed by atoms with Gasteiger partial charge in [-0.2, -0.15) is 0 Å². The average Bonchev–Trinajstić information content (AvgIpc) is 3.01. The Balaban J connectivity index is 1.88. The number of halogens is 1. The van der Waals surface area contributed by atoms with Crippen LogP contribution in [0.5, 0.6) is 0 Å². The zero-order valence-corrected chi connectivity index (χ0v) is 18.2. The molecule has 2 aromatic rings. The van der Waals surface area contributed by atoms with Gasteiger partial charge in [-0.15, -0.1) is 0 Å². The van der Waals surface area contributed by atoms with E-state index < -0.39 is 0 Å². The number of nitrogens with zero attached hydrogens (tertiary/aromatic N) is 2. The van der Waals surface area contributed by atoms with E-state index in [4.69, 9.17) is 11.6 Å². The van der Waals surface area contributed by atoms with Gasteiger partial charge in [0, 0.05) is 43.2 Å². The molecule has 7 heteroatoms. The normalized spacial score (nSPS) is 15.2. The Morgan fingerprint density at radius 3 is 2.50 bits per heavy atom. The summed E-state index contributed by atoms with van der Waals surface area (Å²) in [4.78, 5) is 38.7. The number of benzene rings is 2. The van der Waals surface area contributed by atoms with Crippen molar-refractivity contribution >= 4 is 41.2 Å². The number of hydrogen-bond acceptors (Lipinski definition) is 3. The smallest absolute Gasteiger partial charge is 0.227 e. The topological polar surface area (TPSA) is 69.7 Å².